The normalized spacial score (nSPS) is 12.7. The molecule has 0 aliphatic rings. The van der Waals surface area contributed by atoms with Crippen molar-refractivity contribution in [1.82, 2.24) is 10.1 Å². The Morgan fingerprint density at radius 3 is 2.83 bits per heavy atom. The maximum Gasteiger partial charge on any atom is 0.259 e. The standard InChI is InChI=1S/C12H13Cl2N3O/c1-2-3-10(15)11-16-12(18-17-11)8-5-4-7(13)6-9(8)14/h4-6,10H,2-3,15H2,1H3. The highest BCUT2D eigenvalue weighted by molar-refractivity contribution is 6.36. The molecule has 1 aromatic carbocycles. The fourth-order valence-electron chi connectivity index (χ4n) is 1.60. The van der Waals surface area contributed by atoms with Crippen LogP contribution in [0.4, 0.5) is 0 Å². The van der Waals surface area contributed by atoms with Crippen molar-refractivity contribution in [3.63, 3.8) is 0 Å². The van der Waals surface area contributed by atoms with Gasteiger partial charge in [-0.25, -0.2) is 0 Å². The molecule has 96 valence electrons. The Morgan fingerprint density at radius 2 is 2.17 bits per heavy atom. The zero-order valence-corrected chi connectivity index (χ0v) is 11.4. The molecule has 1 heterocycles. The van der Waals surface area contributed by atoms with Crippen molar-refractivity contribution in [2.24, 2.45) is 5.73 Å². The summed E-state index contributed by atoms with van der Waals surface area (Å²) in [6, 6.07) is 4.89. The van der Waals surface area contributed by atoms with E-state index in [2.05, 4.69) is 17.1 Å². The van der Waals surface area contributed by atoms with Gasteiger partial charge in [0.1, 0.15) is 0 Å². The number of halogens is 2. The summed E-state index contributed by atoms with van der Waals surface area (Å²) in [5, 5.41) is 4.91. The lowest BCUT2D eigenvalue weighted by Crippen LogP contribution is -2.11. The third-order valence-electron chi connectivity index (χ3n) is 2.53. The molecule has 0 amide bonds. The van der Waals surface area contributed by atoms with E-state index in [1.54, 1.807) is 18.2 Å². The molecule has 0 bridgehead atoms. The van der Waals surface area contributed by atoms with Crippen LogP contribution in [0.1, 0.15) is 31.6 Å². The molecular weight excluding hydrogens is 273 g/mol. The zero-order valence-electron chi connectivity index (χ0n) is 9.86. The number of hydrogen-bond acceptors (Lipinski definition) is 4. The molecule has 1 aromatic heterocycles. The Morgan fingerprint density at radius 1 is 1.39 bits per heavy atom. The average Bonchev–Trinajstić information content (AvgIpc) is 2.78. The third kappa shape index (κ3) is 2.83. The topological polar surface area (TPSA) is 64.9 Å². The van der Waals surface area contributed by atoms with Gasteiger partial charge < -0.3 is 10.3 Å². The Labute approximate surface area is 115 Å². The number of rotatable bonds is 4. The molecule has 2 N–H and O–H groups in total. The van der Waals surface area contributed by atoms with E-state index in [1.807, 2.05) is 0 Å². The molecule has 0 saturated heterocycles. The summed E-state index contributed by atoms with van der Waals surface area (Å²) < 4.78 is 5.17. The predicted molar refractivity (Wildman–Crippen MR) is 71.6 cm³/mol. The lowest BCUT2D eigenvalue weighted by atomic mass is 10.2. The molecule has 0 fully saturated rings. The molecule has 0 aliphatic heterocycles. The van der Waals surface area contributed by atoms with E-state index < -0.39 is 0 Å². The third-order valence-corrected chi connectivity index (χ3v) is 3.08. The number of aromatic nitrogens is 2. The van der Waals surface area contributed by atoms with Crippen molar-refractivity contribution in [3.05, 3.63) is 34.1 Å². The van der Waals surface area contributed by atoms with E-state index in [1.165, 1.54) is 0 Å². The van der Waals surface area contributed by atoms with E-state index in [0.717, 1.165) is 12.8 Å². The van der Waals surface area contributed by atoms with Gasteiger partial charge in [0.15, 0.2) is 5.82 Å². The molecule has 1 unspecified atom stereocenters. The molecule has 0 radical (unpaired) electrons. The van der Waals surface area contributed by atoms with Gasteiger partial charge in [-0.1, -0.05) is 41.7 Å². The smallest absolute Gasteiger partial charge is 0.259 e. The second kappa shape index (κ2) is 5.69. The molecule has 1 atom stereocenters. The van der Waals surface area contributed by atoms with Crippen LogP contribution in [0.15, 0.2) is 22.7 Å². The Bertz CT molecular complexity index is 542. The van der Waals surface area contributed by atoms with Gasteiger partial charge in [-0.05, 0) is 24.6 Å². The van der Waals surface area contributed by atoms with Crippen molar-refractivity contribution in [3.8, 4) is 11.5 Å². The van der Waals surface area contributed by atoms with Crippen LogP contribution in [0.2, 0.25) is 10.0 Å². The lowest BCUT2D eigenvalue weighted by Gasteiger charge is -2.02. The molecule has 0 aliphatic carbocycles. The zero-order chi connectivity index (χ0) is 13.1. The predicted octanol–water partition coefficient (Wildman–Crippen LogP) is 3.84. The van der Waals surface area contributed by atoms with E-state index in [9.17, 15) is 0 Å². The fourth-order valence-corrected chi connectivity index (χ4v) is 2.09. The summed E-state index contributed by atoms with van der Waals surface area (Å²) in [4.78, 5) is 4.26. The van der Waals surface area contributed by atoms with Gasteiger partial charge in [-0.15, -0.1) is 0 Å². The van der Waals surface area contributed by atoms with Crippen LogP contribution in [0.5, 0.6) is 0 Å². The van der Waals surface area contributed by atoms with E-state index in [-0.39, 0.29) is 6.04 Å². The van der Waals surface area contributed by atoms with Crippen molar-refractivity contribution in [1.29, 1.82) is 0 Å². The highest BCUT2D eigenvalue weighted by atomic mass is 35.5. The highest BCUT2D eigenvalue weighted by Crippen LogP contribution is 2.29. The average molecular weight is 286 g/mol. The maximum absolute atomic E-state index is 6.07. The maximum atomic E-state index is 6.07. The molecule has 0 spiro atoms. The first-order valence-electron chi connectivity index (χ1n) is 5.66. The minimum atomic E-state index is -0.210. The first-order chi connectivity index (χ1) is 8.61. The minimum absolute atomic E-state index is 0.210. The molecule has 6 heteroatoms. The minimum Gasteiger partial charge on any atom is -0.334 e. The summed E-state index contributed by atoms with van der Waals surface area (Å²) in [5.41, 5.74) is 6.58. The summed E-state index contributed by atoms with van der Waals surface area (Å²) in [6.07, 6.45) is 1.78. The lowest BCUT2D eigenvalue weighted by molar-refractivity contribution is 0.413. The molecule has 2 rings (SSSR count). The van der Waals surface area contributed by atoms with Gasteiger partial charge in [0.2, 0.25) is 0 Å². The van der Waals surface area contributed by atoms with Crippen molar-refractivity contribution in [2.45, 2.75) is 25.8 Å². The second-order valence-corrected chi connectivity index (χ2v) is 4.82. The second-order valence-electron chi connectivity index (χ2n) is 3.98. The number of nitrogens with zero attached hydrogens (tertiary/aromatic N) is 2. The van der Waals surface area contributed by atoms with Crippen LogP contribution in [0.25, 0.3) is 11.5 Å². The monoisotopic (exact) mass is 285 g/mol. The molecule has 4 nitrogen and oxygen atoms in total. The Kier molecular flexibility index (Phi) is 4.22. The summed E-state index contributed by atoms with van der Waals surface area (Å²) in [7, 11) is 0. The summed E-state index contributed by atoms with van der Waals surface area (Å²) in [6.45, 7) is 2.05. The largest absolute Gasteiger partial charge is 0.334 e. The van der Waals surface area contributed by atoms with Gasteiger partial charge in [0, 0.05) is 5.02 Å². The van der Waals surface area contributed by atoms with Crippen LogP contribution in [-0.4, -0.2) is 10.1 Å². The van der Waals surface area contributed by atoms with Crippen molar-refractivity contribution in [2.75, 3.05) is 0 Å². The first kappa shape index (κ1) is 13.3. The van der Waals surface area contributed by atoms with Crippen molar-refractivity contribution < 1.29 is 4.52 Å². The molecule has 0 saturated carbocycles. The Hall–Kier alpha value is -1.10. The summed E-state index contributed by atoms with van der Waals surface area (Å²) in [5.74, 6) is 0.857. The van der Waals surface area contributed by atoms with E-state index in [4.69, 9.17) is 33.5 Å². The molecule has 18 heavy (non-hydrogen) atoms. The first-order valence-corrected chi connectivity index (χ1v) is 6.42. The Balaban J connectivity index is 2.29. The quantitative estimate of drug-likeness (QED) is 0.927. The SMILES string of the molecule is CCCC(N)c1noc(-c2ccc(Cl)cc2Cl)n1. The molecular formula is C12H13Cl2N3O. The number of nitrogens with two attached hydrogens (primary N) is 1. The van der Waals surface area contributed by atoms with Gasteiger partial charge >= 0.3 is 0 Å². The van der Waals surface area contributed by atoms with Gasteiger partial charge in [-0.3, -0.25) is 0 Å². The number of hydrogen-bond donors (Lipinski definition) is 1. The van der Waals surface area contributed by atoms with Gasteiger partial charge in [0.05, 0.1) is 16.6 Å². The van der Waals surface area contributed by atoms with Crippen LogP contribution in [0.3, 0.4) is 0 Å². The van der Waals surface area contributed by atoms with Crippen LogP contribution in [-0.2, 0) is 0 Å². The highest BCUT2D eigenvalue weighted by Gasteiger charge is 2.16. The molecule has 2 aromatic rings. The van der Waals surface area contributed by atoms with E-state index >= 15 is 0 Å². The fraction of sp³-hybridized carbons (Fsp3) is 0.333. The van der Waals surface area contributed by atoms with Gasteiger partial charge in [-0.2, -0.15) is 4.98 Å². The van der Waals surface area contributed by atoms with Crippen LogP contribution < -0.4 is 5.73 Å². The summed E-state index contributed by atoms with van der Waals surface area (Å²) >= 11 is 11.9. The van der Waals surface area contributed by atoms with E-state index in [0.29, 0.717) is 27.3 Å². The van der Waals surface area contributed by atoms with Crippen LogP contribution in [0, 0.1) is 0 Å². The van der Waals surface area contributed by atoms with Crippen LogP contribution >= 0.6 is 23.2 Å². The van der Waals surface area contributed by atoms with Gasteiger partial charge in [0.25, 0.3) is 5.89 Å². The number of benzene rings is 1. The van der Waals surface area contributed by atoms with Crippen molar-refractivity contribution >= 4 is 23.2 Å².